The molecule has 0 aliphatic carbocycles. The van der Waals surface area contributed by atoms with Crippen LogP contribution in [0.3, 0.4) is 0 Å². The van der Waals surface area contributed by atoms with Crippen LogP contribution in [0.15, 0.2) is 29.4 Å². The number of anilines is 1. The van der Waals surface area contributed by atoms with Crippen molar-refractivity contribution in [2.75, 3.05) is 11.1 Å². The molecule has 0 fully saturated rings. The molecule has 2 rings (SSSR count). The average molecular weight is 333 g/mol. The Hall–Kier alpha value is -2.35. The largest absolute Gasteiger partial charge is 0.369 e. The molecule has 2 aromatic rings. The molecule has 3 N–H and O–H groups in total. The maximum absolute atomic E-state index is 12.2. The SMILES string of the molecule is CCn1c(CC(=O)Nc2ccccc2C)nnc1SCC(N)=O. The Morgan fingerprint density at radius 1 is 1.30 bits per heavy atom. The monoisotopic (exact) mass is 333 g/mol. The van der Waals surface area contributed by atoms with Gasteiger partial charge in [-0.05, 0) is 25.5 Å². The molecule has 0 unspecified atom stereocenters. The van der Waals surface area contributed by atoms with Crippen molar-refractivity contribution < 1.29 is 9.59 Å². The first-order valence-electron chi connectivity index (χ1n) is 7.20. The molecule has 23 heavy (non-hydrogen) atoms. The van der Waals surface area contributed by atoms with E-state index >= 15 is 0 Å². The van der Waals surface area contributed by atoms with Crippen molar-refractivity contribution in [3.63, 3.8) is 0 Å². The van der Waals surface area contributed by atoms with Gasteiger partial charge in [-0.15, -0.1) is 10.2 Å². The average Bonchev–Trinajstić information content (AvgIpc) is 2.89. The number of nitrogens with zero attached hydrogens (tertiary/aromatic N) is 3. The molecule has 0 radical (unpaired) electrons. The summed E-state index contributed by atoms with van der Waals surface area (Å²) in [6.07, 6.45) is 0.117. The number of rotatable bonds is 7. The van der Waals surface area contributed by atoms with E-state index in [0.717, 1.165) is 11.3 Å². The van der Waals surface area contributed by atoms with Crippen LogP contribution >= 0.6 is 11.8 Å². The zero-order chi connectivity index (χ0) is 16.8. The second-order valence-electron chi connectivity index (χ2n) is 4.94. The Kier molecular flexibility index (Phi) is 5.75. The lowest BCUT2D eigenvalue weighted by Crippen LogP contribution is -2.18. The highest BCUT2D eigenvalue weighted by Gasteiger charge is 2.15. The van der Waals surface area contributed by atoms with E-state index in [2.05, 4.69) is 15.5 Å². The number of carbonyl (C=O) groups excluding carboxylic acids is 2. The maximum Gasteiger partial charge on any atom is 0.232 e. The second kappa shape index (κ2) is 7.77. The van der Waals surface area contributed by atoms with Crippen LogP contribution in [0.1, 0.15) is 18.3 Å². The number of carbonyl (C=O) groups is 2. The molecule has 0 atom stereocenters. The summed E-state index contributed by atoms with van der Waals surface area (Å²) in [6, 6.07) is 7.57. The highest BCUT2D eigenvalue weighted by atomic mass is 32.2. The van der Waals surface area contributed by atoms with Crippen molar-refractivity contribution in [1.82, 2.24) is 14.8 Å². The van der Waals surface area contributed by atoms with E-state index in [0.29, 0.717) is 17.5 Å². The summed E-state index contributed by atoms with van der Waals surface area (Å²) in [5.74, 6) is 0.117. The minimum Gasteiger partial charge on any atom is -0.369 e. The number of hydrogen-bond acceptors (Lipinski definition) is 5. The normalized spacial score (nSPS) is 10.5. The summed E-state index contributed by atoms with van der Waals surface area (Å²) in [5, 5.41) is 11.5. The maximum atomic E-state index is 12.2. The molecule has 8 heteroatoms. The third kappa shape index (κ3) is 4.56. The Balaban J connectivity index is 2.06. The fraction of sp³-hybridized carbons (Fsp3) is 0.333. The highest BCUT2D eigenvalue weighted by molar-refractivity contribution is 7.99. The van der Waals surface area contributed by atoms with Gasteiger partial charge in [-0.1, -0.05) is 30.0 Å². The number of primary amides is 1. The summed E-state index contributed by atoms with van der Waals surface area (Å²) < 4.78 is 1.81. The van der Waals surface area contributed by atoms with Gasteiger partial charge in [0, 0.05) is 12.2 Å². The zero-order valence-electron chi connectivity index (χ0n) is 13.1. The molecule has 0 aliphatic rings. The molecular weight excluding hydrogens is 314 g/mol. The molecule has 1 aromatic heterocycles. The van der Waals surface area contributed by atoms with E-state index in [1.54, 1.807) is 0 Å². The summed E-state index contributed by atoms with van der Waals surface area (Å²) in [4.78, 5) is 23.1. The second-order valence-corrected chi connectivity index (χ2v) is 5.88. The summed E-state index contributed by atoms with van der Waals surface area (Å²) in [5.41, 5.74) is 6.91. The first-order chi connectivity index (χ1) is 11.0. The van der Waals surface area contributed by atoms with Crippen molar-refractivity contribution in [3.8, 4) is 0 Å². The van der Waals surface area contributed by atoms with Gasteiger partial charge in [-0.25, -0.2) is 0 Å². The minimum absolute atomic E-state index is 0.117. The quantitative estimate of drug-likeness (QED) is 0.745. The molecule has 0 aliphatic heterocycles. The van der Waals surface area contributed by atoms with Crippen LogP contribution < -0.4 is 11.1 Å². The number of aryl methyl sites for hydroxylation is 1. The lowest BCUT2D eigenvalue weighted by Gasteiger charge is -2.09. The number of aromatic nitrogens is 3. The standard InChI is InChI=1S/C15H19N5O2S/c1-3-20-13(18-19-15(20)23-9-12(16)21)8-14(22)17-11-7-5-4-6-10(11)2/h4-7H,3,8-9H2,1-2H3,(H2,16,21)(H,17,22). The van der Waals surface area contributed by atoms with Gasteiger partial charge in [0.2, 0.25) is 11.8 Å². The molecule has 0 bridgehead atoms. The number of amides is 2. The number of benzene rings is 1. The molecule has 0 saturated carbocycles. The van der Waals surface area contributed by atoms with Crippen LogP contribution in [0.4, 0.5) is 5.69 Å². The van der Waals surface area contributed by atoms with E-state index in [9.17, 15) is 9.59 Å². The Morgan fingerprint density at radius 3 is 2.70 bits per heavy atom. The number of para-hydroxylation sites is 1. The fourth-order valence-electron chi connectivity index (χ4n) is 2.06. The van der Waals surface area contributed by atoms with Crippen LogP contribution in [0.2, 0.25) is 0 Å². The van der Waals surface area contributed by atoms with Crippen molar-refractivity contribution in [2.24, 2.45) is 5.73 Å². The molecule has 122 valence electrons. The predicted octanol–water partition coefficient (Wildman–Crippen LogP) is 1.37. The van der Waals surface area contributed by atoms with Crippen LogP contribution in [-0.2, 0) is 22.6 Å². The van der Waals surface area contributed by atoms with Gasteiger partial charge in [0.1, 0.15) is 5.82 Å². The summed E-state index contributed by atoms with van der Waals surface area (Å²) >= 11 is 1.22. The summed E-state index contributed by atoms with van der Waals surface area (Å²) in [7, 11) is 0. The third-order valence-electron chi connectivity index (χ3n) is 3.19. The van der Waals surface area contributed by atoms with Gasteiger partial charge in [-0.3, -0.25) is 9.59 Å². The summed E-state index contributed by atoms with van der Waals surface area (Å²) in [6.45, 7) is 4.48. The van der Waals surface area contributed by atoms with Crippen molar-refractivity contribution in [2.45, 2.75) is 32.0 Å². The molecular formula is C15H19N5O2S. The number of hydrogen-bond donors (Lipinski definition) is 2. The van der Waals surface area contributed by atoms with E-state index in [-0.39, 0.29) is 18.1 Å². The number of nitrogens with one attached hydrogen (secondary N) is 1. The van der Waals surface area contributed by atoms with Gasteiger partial charge in [0.05, 0.1) is 12.2 Å². The topological polar surface area (TPSA) is 103 Å². The first kappa shape index (κ1) is 17.0. The number of thioether (sulfide) groups is 1. The van der Waals surface area contributed by atoms with Crippen molar-refractivity contribution in [1.29, 1.82) is 0 Å². The first-order valence-corrected chi connectivity index (χ1v) is 8.18. The molecule has 2 amide bonds. The van der Waals surface area contributed by atoms with Gasteiger partial charge in [0.15, 0.2) is 5.16 Å². The van der Waals surface area contributed by atoms with Crippen molar-refractivity contribution >= 4 is 29.3 Å². The smallest absolute Gasteiger partial charge is 0.232 e. The third-order valence-corrected chi connectivity index (χ3v) is 4.18. The van der Waals surface area contributed by atoms with Crippen LogP contribution in [0.25, 0.3) is 0 Å². The van der Waals surface area contributed by atoms with Gasteiger partial charge < -0.3 is 15.6 Å². The lowest BCUT2D eigenvalue weighted by atomic mass is 10.2. The van der Waals surface area contributed by atoms with Gasteiger partial charge in [0.25, 0.3) is 0 Å². The lowest BCUT2D eigenvalue weighted by molar-refractivity contribution is -0.116. The molecule has 1 heterocycles. The minimum atomic E-state index is -0.417. The molecule has 1 aromatic carbocycles. The van der Waals surface area contributed by atoms with E-state index in [4.69, 9.17) is 5.73 Å². The zero-order valence-corrected chi connectivity index (χ0v) is 13.9. The van der Waals surface area contributed by atoms with E-state index in [1.165, 1.54) is 11.8 Å². The van der Waals surface area contributed by atoms with E-state index in [1.807, 2.05) is 42.7 Å². The molecule has 7 nitrogen and oxygen atoms in total. The predicted molar refractivity (Wildman–Crippen MR) is 89.1 cm³/mol. The highest BCUT2D eigenvalue weighted by Crippen LogP contribution is 2.18. The van der Waals surface area contributed by atoms with Crippen LogP contribution in [0.5, 0.6) is 0 Å². The fourth-order valence-corrected chi connectivity index (χ4v) is 2.82. The number of nitrogens with two attached hydrogens (primary N) is 1. The van der Waals surface area contributed by atoms with Crippen molar-refractivity contribution in [3.05, 3.63) is 35.7 Å². The van der Waals surface area contributed by atoms with Gasteiger partial charge >= 0.3 is 0 Å². The van der Waals surface area contributed by atoms with E-state index < -0.39 is 5.91 Å². The van der Waals surface area contributed by atoms with Crippen LogP contribution in [0, 0.1) is 6.92 Å². The van der Waals surface area contributed by atoms with Gasteiger partial charge in [-0.2, -0.15) is 0 Å². The molecule has 0 spiro atoms. The van der Waals surface area contributed by atoms with Crippen LogP contribution in [-0.4, -0.2) is 32.3 Å². The Bertz CT molecular complexity index is 714. The Morgan fingerprint density at radius 2 is 2.04 bits per heavy atom. The Labute approximate surface area is 138 Å². The molecule has 0 saturated heterocycles.